The number of unbranched alkanes of at least 4 members (excludes halogenated alkanes) is 2. The van der Waals surface area contributed by atoms with Crippen LogP contribution in [0.25, 0.3) is 0 Å². The molecule has 1 aliphatic rings. The highest BCUT2D eigenvalue weighted by Crippen LogP contribution is 2.23. The van der Waals surface area contributed by atoms with Gasteiger partial charge in [0.2, 0.25) is 5.91 Å². The van der Waals surface area contributed by atoms with E-state index >= 15 is 0 Å². The maximum absolute atomic E-state index is 12.2. The Balaban J connectivity index is 2.45. The van der Waals surface area contributed by atoms with Gasteiger partial charge in [-0.15, -0.1) is 0 Å². The van der Waals surface area contributed by atoms with Gasteiger partial charge >= 0.3 is 5.97 Å². The van der Waals surface area contributed by atoms with E-state index in [1.165, 1.54) is 0 Å². The first-order valence-electron chi connectivity index (χ1n) is 8.31. The van der Waals surface area contributed by atoms with Gasteiger partial charge in [0.05, 0.1) is 6.04 Å². The van der Waals surface area contributed by atoms with E-state index in [1.54, 1.807) is 0 Å². The lowest BCUT2D eigenvalue weighted by atomic mass is 9.96. The first-order chi connectivity index (χ1) is 10.1. The predicted molar refractivity (Wildman–Crippen MR) is 83.2 cm³/mol. The van der Waals surface area contributed by atoms with Crippen molar-refractivity contribution in [1.82, 2.24) is 10.2 Å². The minimum Gasteiger partial charge on any atom is -0.481 e. The molecule has 0 bridgehead atoms. The average Bonchev–Trinajstić information content (AvgIpc) is 2.48. The van der Waals surface area contributed by atoms with E-state index in [4.69, 9.17) is 5.11 Å². The van der Waals surface area contributed by atoms with Gasteiger partial charge in [-0.05, 0) is 39.2 Å². The first kappa shape index (κ1) is 18.0. The molecule has 1 saturated heterocycles. The van der Waals surface area contributed by atoms with Crippen LogP contribution in [0, 0.1) is 0 Å². The van der Waals surface area contributed by atoms with Crippen molar-refractivity contribution in [3.05, 3.63) is 0 Å². The van der Waals surface area contributed by atoms with Gasteiger partial charge in [0.15, 0.2) is 0 Å². The Hall–Kier alpha value is -1.10. The molecule has 5 heteroatoms. The summed E-state index contributed by atoms with van der Waals surface area (Å²) in [7, 11) is 0. The third-order valence-electron chi connectivity index (χ3n) is 4.32. The van der Waals surface area contributed by atoms with Gasteiger partial charge in [-0.3, -0.25) is 14.5 Å². The molecule has 2 atom stereocenters. The van der Waals surface area contributed by atoms with Crippen LogP contribution in [0.4, 0.5) is 0 Å². The number of aliphatic carboxylic acids is 1. The van der Waals surface area contributed by atoms with Crippen LogP contribution >= 0.6 is 0 Å². The minimum atomic E-state index is -0.753. The number of nitrogens with zero attached hydrogens (tertiary/aromatic N) is 1. The average molecular weight is 298 g/mol. The zero-order valence-corrected chi connectivity index (χ0v) is 13.4. The number of carbonyl (C=O) groups is 2. The molecule has 5 nitrogen and oxygen atoms in total. The molecule has 1 heterocycles. The van der Waals surface area contributed by atoms with E-state index in [9.17, 15) is 9.59 Å². The molecule has 0 aromatic rings. The van der Waals surface area contributed by atoms with Crippen molar-refractivity contribution in [2.45, 2.75) is 77.3 Å². The summed E-state index contributed by atoms with van der Waals surface area (Å²) in [5.41, 5.74) is 0. The highest BCUT2D eigenvalue weighted by Gasteiger charge is 2.30. The summed E-state index contributed by atoms with van der Waals surface area (Å²) in [4.78, 5) is 25.2. The molecule has 2 N–H and O–H groups in total. The quantitative estimate of drug-likeness (QED) is 0.641. The van der Waals surface area contributed by atoms with Gasteiger partial charge in [-0.2, -0.15) is 0 Å². The van der Waals surface area contributed by atoms with E-state index < -0.39 is 5.97 Å². The number of hydrogen-bond acceptors (Lipinski definition) is 3. The third-order valence-corrected chi connectivity index (χ3v) is 4.32. The fraction of sp³-hybridized carbons (Fsp3) is 0.875. The van der Waals surface area contributed by atoms with Gasteiger partial charge < -0.3 is 10.4 Å². The molecule has 0 spiro atoms. The standard InChI is InChI=1S/C16H30N2O3/c1-3-4-6-11-17-16(21)13(2)18-12-7-5-8-14(18)9-10-15(19)20/h13-14H,3-12H2,1-2H3,(H,17,21)(H,19,20). The van der Waals surface area contributed by atoms with Crippen molar-refractivity contribution in [2.24, 2.45) is 0 Å². The molecule has 1 amide bonds. The van der Waals surface area contributed by atoms with Crippen molar-refractivity contribution in [3.8, 4) is 0 Å². The van der Waals surface area contributed by atoms with Crippen molar-refractivity contribution >= 4 is 11.9 Å². The van der Waals surface area contributed by atoms with Gasteiger partial charge in [-0.25, -0.2) is 0 Å². The van der Waals surface area contributed by atoms with Gasteiger partial charge in [0.25, 0.3) is 0 Å². The number of rotatable bonds is 9. The van der Waals surface area contributed by atoms with Crippen LogP contribution in [0.15, 0.2) is 0 Å². The van der Waals surface area contributed by atoms with E-state index in [0.717, 1.165) is 51.6 Å². The molecule has 2 unspecified atom stereocenters. The Kier molecular flexibility index (Phi) is 8.35. The molecule has 21 heavy (non-hydrogen) atoms. The second kappa shape index (κ2) is 9.77. The number of piperidine rings is 1. The van der Waals surface area contributed by atoms with Crippen LogP contribution < -0.4 is 5.32 Å². The highest BCUT2D eigenvalue weighted by molar-refractivity contribution is 5.81. The zero-order chi connectivity index (χ0) is 15.7. The van der Waals surface area contributed by atoms with Crippen LogP contribution in [0.1, 0.15) is 65.2 Å². The SMILES string of the molecule is CCCCCNC(=O)C(C)N1CCCCC1CCC(=O)O. The molecular formula is C16H30N2O3. The summed E-state index contributed by atoms with van der Waals surface area (Å²) in [6.45, 7) is 5.72. The largest absolute Gasteiger partial charge is 0.481 e. The summed E-state index contributed by atoms with van der Waals surface area (Å²) in [5, 5.41) is 11.9. The lowest BCUT2D eigenvalue weighted by Crippen LogP contribution is -2.51. The smallest absolute Gasteiger partial charge is 0.303 e. The monoisotopic (exact) mass is 298 g/mol. The Morgan fingerprint density at radius 3 is 2.76 bits per heavy atom. The van der Waals surface area contributed by atoms with E-state index in [1.807, 2.05) is 6.92 Å². The van der Waals surface area contributed by atoms with Crippen molar-refractivity contribution < 1.29 is 14.7 Å². The summed E-state index contributed by atoms with van der Waals surface area (Å²) in [6.07, 6.45) is 7.37. The van der Waals surface area contributed by atoms with Gasteiger partial charge in [0, 0.05) is 19.0 Å². The number of carboxylic acid groups (broad SMARTS) is 1. The number of carbonyl (C=O) groups excluding carboxylic acids is 1. The molecule has 0 aliphatic carbocycles. The second-order valence-corrected chi connectivity index (χ2v) is 5.99. The van der Waals surface area contributed by atoms with Gasteiger partial charge in [0.1, 0.15) is 0 Å². The van der Waals surface area contributed by atoms with E-state index in [0.29, 0.717) is 6.42 Å². The second-order valence-electron chi connectivity index (χ2n) is 5.99. The van der Waals surface area contributed by atoms with Crippen LogP contribution in [0.3, 0.4) is 0 Å². The molecule has 0 aromatic carbocycles. The first-order valence-corrected chi connectivity index (χ1v) is 8.31. The molecule has 0 aromatic heterocycles. The Morgan fingerprint density at radius 1 is 1.33 bits per heavy atom. The molecule has 1 fully saturated rings. The van der Waals surface area contributed by atoms with Crippen LogP contribution in [0.2, 0.25) is 0 Å². The number of hydrogen-bond donors (Lipinski definition) is 2. The van der Waals surface area contributed by atoms with Crippen molar-refractivity contribution in [3.63, 3.8) is 0 Å². The fourth-order valence-electron chi connectivity index (χ4n) is 3.02. The molecule has 1 aliphatic heterocycles. The summed E-state index contributed by atoms with van der Waals surface area (Å²) >= 11 is 0. The lowest BCUT2D eigenvalue weighted by Gasteiger charge is -2.39. The maximum atomic E-state index is 12.2. The number of nitrogens with one attached hydrogen (secondary N) is 1. The van der Waals surface area contributed by atoms with E-state index in [-0.39, 0.29) is 24.4 Å². The number of likely N-dealkylation sites (tertiary alicyclic amines) is 1. The molecule has 1 rings (SSSR count). The summed E-state index contributed by atoms with van der Waals surface area (Å²) < 4.78 is 0. The van der Waals surface area contributed by atoms with Gasteiger partial charge in [-0.1, -0.05) is 26.2 Å². The maximum Gasteiger partial charge on any atom is 0.303 e. The molecular weight excluding hydrogens is 268 g/mol. The number of carboxylic acids is 1. The minimum absolute atomic E-state index is 0.0772. The van der Waals surface area contributed by atoms with E-state index in [2.05, 4.69) is 17.1 Å². The normalized spacial score (nSPS) is 21.0. The Morgan fingerprint density at radius 2 is 2.10 bits per heavy atom. The fourth-order valence-corrected chi connectivity index (χ4v) is 3.02. The number of amides is 1. The van der Waals surface area contributed by atoms with Crippen LogP contribution in [-0.4, -0.2) is 47.1 Å². The topological polar surface area (TPSA) is 69.6 Å². The predicted octanol–water partition coefficient (Wildman–Crippen LogP) is 2.40. The van der Waals surface area contributed by atoms with Crippen LogP contribution in [0.5, 0.6) is 0 Å². The summed E-state index contributed by atoms with van der Waals surface area (Å²) in [6, 6.07) is 0.0666. The Bertz CT molecular complexity index is 333. The van der Waals surface area contributed by atoms with Crippen molar-refractivity contribution in [1.29, 1.82) is 0 Å². The lowest BCUT2D eigenvalue weighted by molar-refractivity contribution is -0.137. The zero-order valence-electron chi connectivity index (χ0n) is 13.4. The van der Waals surface area contributed by atoms with Crippen LogP contribution in [-0.2, 0) is 9.59 Å². The molecule has 0 saturated carbocycles. The van der Waals surface area contributed by atoms with Crippen molar-refractivity contribution in [2.75, 3.05) is 13.1 Å². The molecule has 0 radical (unpaired) electrons. The summed E-state index contributed by atoms with van der Waals surface area (Å²) in [5.74, 6) is -0.675. The highest BCUT2D eigenvalue weighted by atomic mass is 16.4. The molecule has 122 valence electrons. The Labute approximate surface area is 128 Å². The third kappa shape index (κ3) is 6.46.